The second kappa shape index (κ2) is 7.52. The summed E-state index contributed by atoms with van der Waals surface area (Å²) < 4.78 is 10.9. The summed E-state index contributed by atoms with van der Waals surface area (Å²) in [7, 11) is 0. The second-order valence-corrected chi connectivity index (χ2v) is 4.72. The number of hydrogen-bond donors (Lipinski definition) is 3. The highest BCUT2D eigenvalue weighted by molar-refractivity contribution is 5.70. The molecule has 0 fully saturated rings. The molecule has 112 valence electrons. The van der Waals surface area contributed by atoms with Gasteiger partial charge in [-0.2, -0.15) is 0 Å². The van der Waals surface area contributed by atoms with Gasteiger partial charge in [0, 0.05) is 0 Å². The normalized spacial score (nSPS) is 12.0. The van der Waals surface area contributed by atoms with Gasteiger partial charge in [-0.3, -0.25) is 0 Å². The van der Waals surface area contributed by atoms with Crippen molar-refractivity contribution in [2.45, 2.75) is 12.7 Å². The molecular weight excluding hydrogens is 268 g/mol. The fraction of sp³-hybridized carbons (Fsp3) is 0.250. The third kappa shape index (κ3) is 4.66. The van der Waals surface area contributed by atoms with E-state index in [0.717, 1.165) is 5.56 Å². The van der Waals surface area contributed by atoms with Crippen LogP contribution in [0.3, 0.4) is 0 Å². The Morgan fingerprint density at radius 3 is 2.48 bits per heavy atom. The van der Waals surface area contributed by atoms with Crippen molar-refractivity contribution in [1.29, 1.82) is 0 Å². The molecule has 0 aliphatic carbocycles. The van der Waals surface area contributed by atoms with E-state index in [0.29, 0.717) is 23.7 Å². The molecule has 2 aromatic rings. The van der Waals surface area contributed by atoms with Crippen molar-refractivity contribution in [3.05, 3.63) is 54.1 Å². The Morgan fingerprint density at radius 1 is 0.952 bits per heavy atom. The van der Waals surface area contributed by atoms with E-state index in [9.17, 15) is 5.11 Å². The maximum absolute atomic E-state index is 9.83. The quantitative estimate of drug-likeness (QED) is 0.676. The monoisotopic (exact) mass is 288 g/mol. The molecule has 0 spiro atoms. The van der Waals surface area contributed by atoms with E-state index >= 15 is 0 Å². The topological polar surface area (TPSA) is 90.7 Å². The van der Waals surface area contributed by atoms with Crippen molar-refractivity contribution in [3.8, 4) is 5.75 Å². The third-order valence-electron chi connectivity index (χ3n) is 2.95. The van der Waals surface area contributed by atoms with E-state index in [-0.39, 0.29) is 13.2 Å². The molecule has 21 heavy (non-hydrogen) atoms. The largest absolute Gasteiger partial charge is 0.489 e. The summed E-state index contributed by atoms with van der Waals surface area (Å²) in [6.07, 6.45) is -0.727. The number of nitrogen functional groups attached to an aromatic ring is 2. The summed E-state index contributed by atoms with van der Waals surface area (Å²) >= 11 is 0. The smallest absolute Gasteiger partial charge is 0.144 e. The van der Waals surface area contributed by atoms with Crippen molar-refractivity contribution in [1.82, 2.24) is 0 Å². The maximum Gasteiger partial charge on any atom is 0.144 e. The zero-order valence-electron chi connectivity index (χ0n) is 11.7. The summed E-state index contributed by atoms with van der Waals surface area (Å²) in [4.78, 5) is 0. The predicted octanol–water partition coefficient (Wildman–Crippen LogP) is 1.81. The summed E-state index contributed by atoms with van der Waals surface area (Å²) in [6.45, 7) is 0.748. The molecule has 0 radical (unpaired) electrons. The zero-order valence-corrected chi connectivity index (χ0v) is 11.7. The Morgan fingerprint density at radius 2 is 1.71 bits per heavy atom. The molecule has 0 saturated carbocycles. The average molecular weight is 288 g/mol. The first-order valence-corrected chi connectivity index (χ1v) is 6.73. The minimum Gasteiger partial charge on any atom is -0.489 e. The molecule has 5 heteroatoms. The third-order valence-corrected chi connectivity index (χ3v) is 2.95. The van der Waals surface area contributed by atoms with Crippen molar-refractivity contribution < 1.29 is 14.6 Å². The minimum atomic E-state index is -0.727. The lowest BCUT2D eigenvalue weighted by Crippen LogP contribution is -2.23. The predicted molar refractivity (Wildman–Crippen MR) is 82.9 cm³/mol. The van der Waals surface area contributed by atoms with Crippen LogP contribution >= 0.6 is 0 Å². The van der Waals surface area contributed by atoms with Gasteiger partial charge < -0.3 is 26.0 Å². The molecule has 0 heterocycles. The lowest BCUT2D eigenvalue weighted by atomic mass is 10.2. The summed E-state index contributed by atoms with van der Waals surface area (Å²) in [5.74, 6) is 0.470. The Hall–Kier alpha value is -2.24. The molecule has 1 atom stereocenters. The Balaban J connectivity index is 1.72. The molecule has 0 aliphatic heterocycles. The number of aliphatic hydroxyl groups excluding tert-OH is 1. The molecule has 0 bridgehead atoms. The number of ether oxygens (including phenoxy) is 2. The lowest BCUT2D eigenvalue weighted by Gasteiger charge is -2.14. The molecule has 0 amide bonds. The van der Waals surface area contributed by atoms with Gasteiger partial charge in [0.1, 0.15) is 18.5 Å². The number of para-hydroxylation sites is 1. The minimum absolute atomic E-state index is 0.0996. The van der Waals surface area contributed by atoms with Crippen LogP contribution in [0.4, 0.5) is 11.4 Å². The van der Waals surface area contributed by atoms with Crippen LogP contribution in [0, 0.1) is 0 Å². The molecule has 0 aromatic heterocycles. The van der Waals surface area contributed by atoms with Crippen LogP contribution in [0.5, 0.6) is 5.75 Å². The standard InChI is InChI=1S/C16H20N2O3/c17-14-7-4-8-15(16(14)18)21-11-13(19)10-20-9-12-5-2-1-3-6-12/h1-8,13,19H,9-11,17-18H2/t13-/m0/s1. The maximum atomic E-state index is 9.83. The molecule has 0 unspecified atom stereocenters. The van der Waals surface area contributed by atoms with Crippen LogP contribution in [0.25, 0.3) is 0 Å². The SMILES string of the molecule is Nc1cccc(OC[C@@H](O)COCc2ccccc2)c1N. The number of nitrogens with two attached hydrogens (primary N) is 2. The van der Waals surface area contributed by atoms with Crippen LogP contribution < -0.4 is 16.2 Å². The Labute approximate surface area is 124 Å². The van der Waals surface area contributed by atoms with E-state index in [1.54, 1.807) is 18.2 Å². The summed E-state index contributed by atoms with van der Waals surface area (Å²) in [5.41, 5.74) is 13.4. The summed E-state index contributed by atoms with van der Waals surface area (Å²) in [6, 6.07) is 14.9. The summed E-state index contributed by atoms with van der Waals surface area (Å²) in [5, 5.41) is 9.83. The van der Waals surface area contributed by atoms with E-state index in [1.165, 1.54) is 0 Å². The lowest BCUT2D eigenvalue weighted by molar-refractivity contribution is 0.00564. The number of aliphatic hydroxyl groups is 1. The Kier molecular flexibility index (Phi) is 5.43. The van der Waals surface area contributed by atoms with E-state index < -0.39 is 6.10 Å². The van der Waals surface area contributed by atoms with E-state index in [1.807, 2.05) is 30.3 Å². The number of rotatable bonds is 7. The van der Waals surface area contributed by atoms with Crippen LogP contribution in [0.2, 0.25) is 0 Å². The molecule has 2 rings (SSSR count). The van der Waals surface area contributed by atoms with Crippen molar-refractivity contribution in [2.75, 3.05) is 24.7 Å². The molecule has 5 N–H and O–H groups in total. The molecule has 0 saturated heterocycles. The van der Waals surface area contributed by atoms with Gasteiger partial charge in [0.25, 0.3) is 0 Å². The molecule has 0 aliphatic rings. The van der Waals surface area contributed by atoms with Gasteiger partial charge >= 0.3 is 0 Å². The van der Waals surface area contributed by atoms with E-state index in [2.05, 4.69) is 0 Å². The van der Waals surface area contributed by atoms with Gasteiger partial charge in [-0.1, -0.05) is 36.4 Å². The number of anilines is 2. The molecule has 5 nitrogen and oxygen atoms in total. The molecular formula is C16H20N2O3. The fourth-order valence-electron chi connectivity index (χ4n) is 1.81. The van der Waals surface area contributed by atoms with Gasteiger partial charge in [-0.25, -0.2) is 0 Å². The zero-order chi connectivity index (χ0) is 15.1. The van der Waals surface area contributed by atoms with Crippen molar-refractivity contribution >= 4 is 11.4 Å². The Bertz CT molecular complexity index is 561. The number of benzene rings is 2. The van der Waals surface area contributed by atoms with Crippen LogP contribution in [0.15, 0.2) is 48.5 Å². The van der Waals surface area contributed by atoms with Crippen LogP contribution in [0.1, 0.15) is 5.56 Å². The van der Waals surface area contributed by atoms with Gasteiger partial charge in [-0.05, 0) is 17.7 Å². The highest BCUT2D eigenvalue weighted by Gasteiger charge is 2.08. The van der Waals surface area contributed by atoms with Crippen LogP contribution in [-0.2, 0) is 11.3 Å². The first-order chi connectivity index (χ1) is 10.2. The van der Waals surface area contributed by atoms with Gasteiger partial charge in [0.05, 0.1) is 24.6 Å². The van der Waals surface area contributed by atoms with Gasteiger partial charge in [-0.15, -0.1) is 0 Å². The van der Waals surface area contributed by atoms with Crippen molar-refractivity contribution in [2.24, 2.45) is 0 Å². The second-order valence-electron chi connectivity index (χ2n) is 4.72. The van der Waals surface area contributed by atoms with Crippen LogP contribution in [-0.4, -0.2) is 24.4 Å². The molecule has 2 aromatic carbocycles. The van der Waals surface area contributed by atoms with Crippen molar-refractivity contribution in [3.63, 3.8) is 0 Å². The van der Waals surface area contributed by atoms with E-state index in [4.69, 9.17) is 20.9 Å². The highest BCUT2D eigenvalue weighted by Crippen LogP contribution is 2.26. The first kappa shape index (κ1) is 15.2. The highest BCUT2D eigenvalue weighted by atomic mass is 16.5. The van der Waals surface area contributed by atoms with Gasteiger partial charge in [0.2, 0.25) is 0 Å². The first-order valence-electron chi connectivity index (χ1n) is 6.73. The average Bonchev–Trinajstić information content (AvgIpc) is 2.50. The van der Waals surface area contributed by atoms with Gasteiger partial charge in [0.15, 0.2) is 0 Å². The fourth-order valence-corrected chi connectivity index (χ4v) is 1.81. The number of hydrogen-bond acceptors (Lipinski definition) is 5.